The molecule has 0 aliphatic heterocycles. The summed E-state index contributed by atoms with van der Waals surface area (Å²) in [6.07, 6.45) is 0. The van der Waals surface area contributed by atoms with Crippen LogP contribution in [0.25, 0.3) is 21.9 Å². The second-order valence-electron chi connectivity index (χ2n) is 7.80. The fourth-order valence-corrected chi connectivity index (χ4v) is 4.10. The van der Waals surface area contributed by atoms with Crippen molar-refractivity contribution in [2.75, 3.05) is 28.6 Å². The van der Waals surface area contributed by atoms with Crippen molar-refractivity contribution < 1.29 is 4.79 Å². The average Bonchev–Trinajstić information content (AvgIpc) is 2.88. The zero-order valence-corrected chi connectivity index (χ0v) is 20.2. The smallest absolute Gasteiger partial charge is 0.221 e. The topological polar surface area (TPSA) is 140 Å². The molecule has 8 nitrogen and oxygen atoms in total. The maximum Gasteiger partial charge on any atom is 0.221 e. The number of amides is 1. The number of hydrogen-bond acceptors (Lipinski definition) is 7. The van der Waals surface area contributed by atoms with E-state index >= 15 is 0 Å². The standard InChI is InChI=1S/C28H23N7O/c1-4-35(5-2)21-10-11-25(26(12-21)33-18(3)36)34-27-13-24(19(14-29)15-30)22-8-6-7-9-23(22)28(27)20(16-31)17-32/h6-13,34H,4-5H2,1-3H3,(H,33,36). The molecule has 0 aromatic heterocycles. The van der Waals surface area contributed by atoms with Crippen LogP contribution in [0.2, 0.25) is 0 Å². The van der Waals surface area contributed by atoms with Crippen LogP contribution >= 0.6 is 0 Å². The lowest BCUT2D eigenvalue weighted by Crippen LogP contribution is -2.22. The van der Waals surface area contributed by atoms with Gasteiger partial charge in [0.15, 0.2) is 0 Å². The van der Waals surface area contributed by atoms with Crippen LogP contribution in [-0.4, -0.2) is 19.0 Å². The van der Waals surface area contributed by atoms with Crippen molar-refractivity contribution in [2.24, 2.45) is 0 Å². The summed E-state index contributed by atoms with van der Waals surface area (Å²) >= 11 is 0. The second-order valence-corrected chi connectivity index (χ2v) is 7.80. The second kappa shape index (κ2) is 11.2. The molecule has 0 saturated carbocycles. The molecule has 0 fully saturated rings. The number of anilines is 4. The van der Waals surface area contributed by atoms with Gasteiger partial charge in [-0.05, 0) is 48.9 Å². The van der Waals surface area contributed by atoms with Crippen molar-refractivity contribution in [2.45, 2.75) is 20.8 Å². The maximum atomic E-state index is 12.0. The van der Waals surface area contributed by atoms with Crippen LogP contribution < -0.4 is 26.0 Å². The first-order valence-electron chi connectivity index (χ1n) is 11.3. The van der Waals surface area contributed by atoms with Gasteiger partial charge in [-0.15, -0.1) is 0 Å². The van der Waals surface area contributed by atoms with Gasteiger partial charge in [-0.3, -0.25) is 4.79 Å². The van der Waals surface area contributed by atoms with E-state index in [1.54, 1.807) is 36.4 Å². The number of carbonyl (C=O) groups is 1. The number of carbonyl (C=O) groups excluding carboxylic acids is 1. The lowest BCUT2D eigenvalue weighted by Gasteiger charge is -2.23. The highest BCUT2D eigenvalue weighted by atomic mass is 16.1. The van der Waals surface area contributed by atoms with Crippen molar-refractivity contribution in [3.05, 3.63) is 59.0 Å². The Balaban J connectivity index is 2.43. The van der Waals surface area contributed by atoms with Crippen LogP contribution in [0.4, 0.5) is 22.7 Å². The lowest BCUT2D eigenvalue weighted by molar-refractivity contribution is -0.114. The van der Waals surface area contributed by atoms with Gasteiger partial charge in [0, 0.05) is 41.8 Å². The number of rotatable bonds is 6. The number of nitrogens with one attached hydrogen (secondary N) is 2. The third kappa shape index (κ3) is 4.95. The zero-order valence-electron chi connectivity index (χ0n) is 20.2. The Labute approximate surface area is 209 Å². The summed E-state index contributed by atoms with van der Waals surface area (Å²) in [5.74, 6) is -0.264. The molecule has 36 heavy (non-hydrogen) atoms. The quantitative estimate of drug-likeness (QED) is 0.555. The van der Waals surface area contributed by atoms with Gasteiger partial charge in [-0.25, -0.2) is 0 Å². The highest BCUT2D eigenvalue weighted by molar-refractivity contribution is 5.98. The minimum absolute atomic E-state index is 0.102. The van der Waals surface area contributed by atoms with E-state index in [0.717, 1.165) is 18.8 Å². The molecule has 0 bridgehead atoms. The molecule has 0 aliphatic rings. The lowest BCUT2D eigenvalue weighted by atomic mass is 9.99. The van der Waals surface area contributed by atoms with E-state index in [-0.39, 0.29) is 17.1 Å². The molecule has 8 heteroatoms. The van der Waals surface area contributed by atoms with Crippen molar-refractivity contribution in [1.82, 2.24) is 0 Å². The molecule has 0 spiro atoms. The molecule has 1 amide bonds. The van der Waals surface area contributed by atoms with Crippen LogP contribution in [0.3, 0.4) is 0 Å². The van der Waals surface area contributed by atoms with Crippen molar-refractivity contribution in [3.63, 3.8) is 0 Å². The van der Waals surface area contributed by atoms with Crippen molar-refractivity contribution >= 4 is 50.6 Å². The van der Waals surface area contributed by atoms with Crippen LogP contribution in [0, 0.1) is 45.3 Å². The molecule has 0 aliphatic carbocycles. The van der Waals surface area contributed by atoms with E-state index in [1.165, 1.54) is 6.92 Å². The Morgan fingerprint density at radius 3 is 1.97 bits per heavy atom. The number of fused-ring (bicyclic) bond motifs is 1. The van der Waals surface area contributed by atoms with Gasteiger partial charge in [0.25, 0.3) is 0 Å². The Morgan fingerprint density at radius 1 is 0.806 bits per heavy atom. The summed E-state index contributed by atoms with van der Waals surface area (Å²) in [4.78, 5) is 14.1. The number of benzene rings is 3. The molecule has 2 N–H and O–H groups in total. The summed E-state index contributed by atoms with van der Waals surface area (Å²) in [7, 11) is 0. The molecular weight excluding hydrogens is 450 g/mol. The predicted octanol–water partition coefficient (Wildman–Crippen LogP) is 3.78. The Kier molecular flexibility index (Phi) is 7.88. The molecule has 0 radical (unpaired) electrons. The summed E-state index contributed by atoms with van der Waals surface area (Å²) in [5.41, 5.74) is 2.07. The molecule has 3 aromatic carbocycles. The first-order valence-corrected chi connectivity index (χ1v) is 11.3. The number of hydrogen-bond donors (Lipinski definition) is 2. The minimum atomic E-state index is -0.264. The molecule has 0 unspecified atom stereocenters. The van der Waals surface area contributed by atoms with Gasteiger partial charge in [0.2, 0.25) is 5.91 Å². The first kappa shape index (κ1) is 25.3. The molecule has 3 aromatic rings. The largest absolute Gasteiger partial charge is 0.372 e. The van der Waals surface area contributed by atoms with Crippen molar-refractivity contribution in [1.29, 1.82) is 21.0 Å². The minimum Gasteiger partial charge on any atom is -0.372 e. The van der Waals surface area contributed by atoms with E-state index < -0.39 is 0 Å². The summed E-state index contributed by atoms with van der Waals surface area (Å²) < 4.78 is 0. The highest BCUT2D eigenvalue weighted by Crippen LogP contribution is 2.30. The Bertz CT molecular complexity index is 1610. The molecular formula is C28H23N7O. The van der Waals surface area contributed by atoms with Crippen LogP contribution in [0.5, 0.6) is 0 Å². The van der Waals surface area contributed by atoms with Crippen molar-refractivity contribution in [3.8, 4) is 24.3 Å². The van der Waals surface area contributed by atoms with Gasteiger partial charge >= 0.3 is 0 Å². The van der Waals surface area contributed by atoms with Gasteiger partial charge in [0.1, 0.15) is 35.4 Å². The molecule has 176 valence electrons. The van der Waals surface area contributed by atoms with E-state index in [9.17, 15) is 25.8 Å². The summed E-state index contributed by atoms with van der Waals surface area (Å²) in [6.45, 7) is 7.05. The fourth-order valence-electron chi connectivity index (χ4n) is 4.10. The monoisotopic (exact) mass is 473 g/mol. The highest BCUT2D eigenvalue weighted by Gasteiger charge is 2.14. The fraction of sp³-hybridized carbons (Fsp3) is 0.179. The van der Waals surface area contributed by atoms with E-state index in [2.05, 4.69) is 15.5 Å². The van der Waals surface area contributed by atoms with Gasteiger partial charge < -0.3 is 15.5 Å². The Hall–Kier alpha value is -5.31. The third-order valence-electron chi connectivity index (χ3n) is 5.72. The number of nitriles is 4. The average molecular weight is 474 g/mol. The van der Waals surface area contributed by atoms with Gasteiger partial charge in [-0.1, -0.05) is 24.3 Å². The van der Waals surface area contributed by atoms with Gasteiger partial charge in [-0.2, -0.15) is 21.0 Å². The third-order valence-corrected chi connectivity index (χ3v) is 5.72. The van der Waals surface area contributed by atoms with Crippen LogP contribution in [-0.2, 0) is 4.79 Å². The van der Waals surface area contributed by atoms with E-state index in [0.29, 0.717) is 38.3 Å². The van der Waals surface area contributed by atoms with E-state index in [1.807, 2.05) is 50.3 Å². The first-order chi connectivity index (χ1) is 17.4. The maximum absolute atomic E-state index is 12.0. The normalized spacial score (nSPS) is 9.75. The summed E-state index contributed by atoms with van der Waals surface area (Å²) in [6, 6.07) is 21.9. The SMILES string of the molecule is CCN(CC)c1ccc(Nc2cc(=C(C#N)C#N)c3ccccc3c2=C(C#N)C#N)c(NC(C)=O)c1. The zero-order chi connectivity index (χ0) is 26.2. The van der Waals surface area contributed by atoms with E-state index in [4.69, 9.17) is 0 Å². The Morgan fingerprint density at radius 2 is 1.42 bits per heavy atom. The molecule has 0 saturated heterocycles. The van der Waals surface area contributed by atoms with Crippen LogP contribution in [0.1, 0.15) is 20.8 Å². The molecule has 3 rings (SSSR count). The number of nitrogens with zero attached hydrogens (tertiary/aromatic N) is 5. The molecule has 0 atom stereocenters. The van der Waals surface area contributed by atoms with Gasteiger partial charge in [0.05, 0.1) is 11.4 Å². The summed E-state index contributed by atoms with van der Waals surface area (Å²) in [5, 5.41) is 46.5. The molecule has 0 heterocycles. The predicted molar refractivity (Wildman–Crippen MR) is 140 cm³/mol. The van der Waals surface area contributed by atoms with Crippen LogP contribution in [0.15, 0.2) is 48.5 Å².